The molecule has 0 aliphatic carbocycles. The van der Waals surface area contributed by atoms with Crippen LogP contribution in [-0.2, 0) is 22.6 Å². The molecule has 1 amide bonds. The van der Waals surface area contributed by atoms with Crippen LogP contribution in [0.3, 0.4) is 0 Å². The molecule has 40 heavy (non-hydrogen) atoms. The molecule has 2 heterocycles. The molecule has 0 spiro atoms. The van der Waals surface area contributed by atoms with Crippen molar-refractivity contribution in [1.29, 1.82) is 0 Å². The van der Waals surface area contributed by atoms with E-state index in [4.69, 9.17) is 14.2 Å². The van der Waals surface area contributed by atoms with E-state index < -0.39 is 17.2 Å². The fourth-order valence-corrected chi connectivity index (χ4v) is 4.74. The highest BCUT2D eigenvalue weighted by atomic mass is 19.2. The number of rotatable bonds is 12. The Morgan fingerprint density at radius 3 is 2.65 bits per heavy atom. The number of nitrogens with zero attached hydrogens (tertiary/aromatic N) is 4. The van der Waals surface area contributed by atoms with E-state index in [9.17, 15) is 18.7 Å². The van der Waals surface area contributed by atoms with Gasteiger partial charge in [0.25, 0.3) is 0 Å². The summed E-state index contributed by atoms with van der Waals surface area (Å²) in [7, 11) is 1.44. The van der Waals surface area contributed by atoms with Crippen LogP contribution in [0.5, 0.6) is 11.5 Å². The molecule has 0 saturated carbocycles. The van der Waals surface area contributed by atoms with E-state index in [1.165, 1.54) is 13.2 Å². The molecule has 1 atom stereocenters. The van der Waals surface area contributed by atoms with Crippen LogP contribution in [-0.4, -0.2) is 89.1 Å². The van der Waals surface area contributed by atoms with Gasteiger partial charge in [0.05, 0.1) is 13.2 Å². The number of benzene rings is 2. The van der Waals surface area contributed by atoms with Gasteiger partial charge in [-0.1, -0.05) is 12.1 Å². The van der Waals surface area contributed by atoms with Crippen LogP contribution >= 0.6 is 0 Å². The van der Waals surface area contributed by atoms with Crippen molar-refractivity contribution in [2.75, 3.05) is 53.1 Å². The Labute approximate surface area is 232 Å². The number of aryl methyl sites for hydroxylation is 2. The fraction of sp³-hybridized carbons (Fsp3) is 0.448. The number of hydrogen-bond acceptors (Lipinski definition) is 7. The van der Waals surface area contributed by atoms with Gasteiger partial charge in [-0.3, -0.25) is 9.69 Å². The molecule has 1 aromatic heterocycles. The van der Waals surface area contributed by atoms with Gasteiger partial charge in [0.1, 0.15) is 36.1 Å². The second-order valence-corrected chi connectivity index (χ2v) is 10.1. The summed E-state index contributed by atoms with van der Waals surface area (Å²) in [5.41, 5.74) is -0.479. The van der Waals surface area contributed by atoms with Gasteiger partial charge in [-0.25, -0.2) is 13.8 Å². The summed E-state index contributed by atoms with van der Waals surface area (Å²) >= 11 is 0. The SMILES string of the molecule is COCC(=O)N1CCN(Cc2cccc(OCCCn3ccnc3C)c2)CC(O)(COc2ccc(F)c(F)c2)C1. The molecular formula is C29H36F2N4O5. The van der Waals surface area contributed by atoms with Crippen LogP contribution in [0.4, 0.5) is 8.78 Å². The number of imidazole rings is 1. The number of halogens is 2. The third kappa shape index (κ3) is 8.23. The maximum atomic E-state index is 13.7. The zero-order chi connectivity index (χ0) is 28.5. The summed E-state index contributed by atoms with van der Waals surface area (Å²) in [5.74, 6) is -0.464. The second kappa shape index (κ2) is 13.7. The van der Waals surface area contributed by atoms with Gasteiger partial charge in [-0.2, -0.15) is 0 Å². The zero-order valence-corrected chi connectivity index (χ0v) is 22.9. The first-order valence-electron chi connectivity index (χ1n) is 13.2. The Hall–Kier alpha value is -3.54. The highest BCUT2D eigenvalue weighted by molar-refractivity contribution is 5.77. The van der Waals surface area contributed by atoms with E-state index in [0.717, 1.165) is 42.2 Å². The largest absolute Gasteiger partial charge is 0.494 e. The van der Waals surface area contributed by atoms with Crippen molar-refractivity contribution >= 4 is 5.91 Å². The number of amides is 1. The van der Waals surface area contributed by atoms with Crippen molar-refractivity contribution in [3.8, 4) is 11.5 Å². The van der Waals surface area contributed by atoms with Crippen molar-refractivity contribution in [2.45, 2.75) is 32.0 Å². The second-order valence-electron chi connectivity index (χ2n) is 10.1. The topological polar surface area (TPSA) is 89.3 Å². The number of carbonyl (C=O) groups excluding carboxylic acids is 1. The first-order chi connectivity index (χ1) is 19.2. The molecule has 1 N–H and O–H groups in total. The molecule has 4 rings (SSSR count). The Morgan fingerprint density at radius 2 is 1.90 bits per heavy atom. The monoisotopic (exact) mass is 558 g/mol. The maximum Gasteiger partial charge on any atom is 0.248 e. The standard InChI is InChI=1S/C29H36F2N4O5/c1-22-32-9-11-34(22)10-4-14-39-24-6-3-5-23(15-24)17-33-12-13-35(28(36)18-38-2)20-29(37,19-33)21-40-25-7-8-26(30)27(31)16-25/h3,5-9,11,15-16,37H,4,10,12-14,17-21H2,1-2H3. The predicted octanol–water partition coefficient (Wildman–Crippen LogP) is 3.04. The first kappa shape index (κ1) is 29.4. The van der Waals surface area contributed by atoms with Gasteiger partial charge in [0.2, 0.25) is 5.91 Å². The minimum Gasteiger partial charge on any atom is -0.494 e. The number of ether oxygens (including phenoxy) is 3. The summed E-state index contributed by atoms with van der Waals surface area (Å²) in [6.07, 6.45) is 4.57. The van der Waals surface area contributed by atoms with E-state index in [1.807, 2.05) is 42.3 Å². The molecule has 216 valence electrons. The lowest BCUT2D eigenvalue weighted by atomic mass is 10.0. The van der Waals surface area contributed by atoms with Crippen LogP contribution in [0.25, 0.3) is 0 Å². The van der Waals surface area contributed by atoms with Crippen molar-refractivity contribution in [3.05, 3.63) is 77.9 Å². The van der Waals surface area contributed by atoms with Crippen LogP contribution in [0.15, 0.2) is 54.9 Å². The minimum atomic E-state index is -1.47. The highest BCUT2D eigenvalue weighted by Crippen LogP contribution is 2.22. The van der Waals surface area contributed by atoms with Gasteiger partial charge in [0, 0.05) is 58.3 Å². The molecule has 1 unspecified atom stereocenters. The van der Waals surface area contributed by atoms with Gasteiger partial charge in [-0.15, -0.1) is 0 Å². The molecule has 1 saturated heterocycles. The number of methoxy groups -OCH3 is 1. The molecule has 11 heteroatoms. The summed E-state index contributed by atoms with van der Waals surface area (Å²) in [6.45, 7) is 4.63. The average molecular weight is 559 g/mol. The third-order valence-corrected chi connectivity index (χ3v) is 6.75. The van der Waals surface area contributed by atoms with Gasteiger partial charge in [0.15, 0.2) is 11.6 Å². The Balaban J connectivity index is 1.39. The minimum absolute atomic E-state index is 0.00884. The van der Waals surface area contributed by atoms with Crippen LogP contribution in [0, 0.1) is 18.6 Å². The molecule has 2 aromatic carbocycles. The first-order valence-corrected chi connectivity index (χ1v) is 13.2. The molecule has 0 radical (unpaired) electrons. The number of β-amino-alcohol motifs (C(OH)–C–C–N with tert-alkyl or cyclic N) is 1. The number of carbonyl (C=O) groups is 1. The molecule has 3 aromatic rings. The lowest BCUT2D eigenvalue weighted by molar-refractivity contribution is -0.138. The molecule has 1 fully saturated rings. The molecule has 0 bridgehead atoms. The molecule has 1 aliphatic heterocycles. The number of hydrogen-bond donors (Lipinski definition) is 1. The number of aromatic nitrogens is 2. The van der Waals surface area contributed by atoms with Crippen molar-refractivity contribution in [2.24, 2.45) is 0 Å². The van der Waals surface area contributed by atoms with Gasteiger partial charge in [-0.05, 0) is 43.2 Å². The summed E-state index contributed by atoms with van der Waals surface area (Å²) in [6, 6.07) is 11.0. The quantitative estimate of drug-likeness (QED) is 0.342. The van der Waals surface area contributed by atoms with Crippen molar-refractivity contribution in [1.82, 2.24) is 19.4 Å². The van der Waals surface area contributed by atoms with E-state index in [2.05, 4.69) is 9.55 Å². The van der Waals surface area contributed by atoms with Crippen LogP contribution < -0.4 is 9.47 Å². The lowest BCUT2D eigenvalue weighted by Gasteiger charge is -2.33. The van der Waals surface area contributed by atoms with Crippen LogP contribution in [0.1, 0.15) is 17.8 Å². The van der Waals surface area contributed by atoms with E-state index >= 15 is 0 Å². The number of aliphatic hydroxyl groups is 1. The normalized spacial score (nSPS) is 18.0. The molecule has 1 aliphatic rings. The predicted molar refractivity (Wildman–Crippen MR) is 144 cm³/mol. The molecular weight excluding hydrogens is 522 g/mol. The van der Waals surface area contributed by atoms with E-state index in [-0.39, 0.29) is 38.0 Å². The van der Waals surface area contributed by atoms with Crippen molar-refractivity contribution in [3.63, 3.8) is 0 Å². The lowest BCUT2D eigenvalue weighted by Crippen LogP contribution is -2.52. The van der Waals surface area contributed by atoms with Crippen LogP contribution in [0.2, 0.25) is 0 Å². The summed E-state index contributed by atoms with van der Waals surface area (Å²) in [5, 5.41) is 11.6. The Morgan fingerprint density at radius 1 is 1.07 bits per heavy atom. The van der Waals surface area contributed by atoms with Crippen molar-refractivity contribution < 1.29 is 32.9 Å². The average Bonchev–Trinajstić information content (AvgIpc) is 3.26. The Bertz CT molecular complexity index is 1270. The maximum absolute atomic E-state index is 13.7. The summed E-state index contributed by atoms with van der Waals surface area (Å²) < 4.78 is 45.7. The third-order valence-electron chi connectivity index (χ3n) is 6.75. The molecule has 9 nitrogen and oxygen atoms in total. The smallest absolute Gasteiger partial charge is 0.248 e. The zero-order valence-electron chi connectivity index (χ0n) is 22.9. The Kier molecular flexibility index (Phi) is 10.1. The van der Waals surface area contributed by atoms with Gasteiger partial charge < -0.3 is 28.8 Å². The van der Waals surface area contributed by atoms with Gasteiger partial charge >= 0.3 is 0 Å². The van der Waals surface area contributed by atoms with E-state index in [1.54, 1.807) is 11.1 Å². The summed E-state index contributed by atoms with van der Waals surface area (Å²) in [4.78, 5) is 20.4. The fourth-order valence-electron chi connectivity index (χ4n) is 4.74. The van der Waals surface area contributed by atoms with E-state index in [0.29, 0.717) is 26.2 Å². The highest BCUT2D eigenvalue weighted by Gasteiger charge is 2.37.